The maximum Gasteiger partial charge on any atom is 0.231 e. The minimum absolute atomic E-state index is 0.117. The number of amides is 1. The minimum atomic E-state index is -0.333. The summed E-state index contributed by atoms with van der Waals surface area (Å²) in [6.07, 6.45) is 2.45. The standard InChI is InChI=1S/C31H35NO6/c1-21-8-7-13-32(18-21)30(33)17-25(23-11-12-26-27(14-23)38-20-37-26)31-28(35-3)15-24(34-2)16-29(31)36-19-22-9-5-4-6-10-22/h4-6,9-12,14-16,21,25H,7-8,13,17-20H2,1-3H3. The van der Waals surface area contributed by atoms with Crippen molar-refractivity contribution in [1.29, 1.82) is 0 Å². The summed E-state index contributed by atoms with van der Waals surface area (Å²) in [5, 5.41) is 0. The fourth-order valence-corrected chi connectivity index (χ4v) is 5.30. The van der Waals surface area contributed by atoms with Crippen molar-refractivity contribution in [2.45, 2.75) is 38.7 Å². The molecule has 2 aliphatic rings. The summed E-state index contributed by atoms with van der Waals surface area (Å²) in [5.74, 6) is 3.50. The topological polar surface area (TPSA) is 66.5 Å². The average Bonchev–Trinajstić information content (AvgIpc) is 3.43. The van der Waals surface area contributed by atoms with Crippen LogP contribution in [0.15, 0.2) is 60.7 Å². The molecule has 0 spiro atoms. The molecule has 2 atom stereocenters. The zero-order valence-electron chi connectivity index (χ0n) is 22.3. The first-order valence-electron chi connectivity index (χ1n) is 13.2. The molecule has 0 aliphatic carbocycles. The molecular formula is C31H35NO6. The van der Waals surface area contributed by atoms with Gasteiger partial charge in [-0.1, -0.05) is 43.3 Å². The first-order valence-corrected chi connectivity index (χ1v) is 13.2. The highest BCUT2D eigenvalue weighted by Crippen LogP contribution is 2.46. The SMILES string of the molecule is COc1cc(OC)c(C(CC(=O)N2CCCC(C)C2)c2ccc3c(c2)OCO3)c(OCc2ccccc2)c1. The van der Waals surface area contributed by atoms with E-state index < -0.39 is 0 Å². The Morgan fingerprint density at radius 3 is 2.55 bits per heavy atom. The van der Waals surface area contributed by atoms with Gasteiger partial charge in [-0.2, -0.15) is 0 Å². The quantitative estimate of drug-likeness (QED) is 0.358. The van der Waals surface area contributed by atoms with Crippen molar-refractivity contribution in [3.05, 3.63) is 77.4 Å². The van der Waals surface area contributed by atoms with Gasteiger partial charge in [0.25, 0.3) is 0 Å². The van der Waals surface area contributed by atoms with Gasteiger partial charge in [-0.25, -0.2) is 0 Å². The molecule has 1 saturated heterocycles. The molecule has 38 heavy (non-hydrogen) atoms. The summed E-state index contributed by atoms with van der Waals surface area (Å²) in [4.78, 5) is 15.7. The van der Waals surface area contributed by atoms with Crippen LogP contribution >= 0.6 is 0 Å². The van der Waals surface area contributed by atoms with Crippen molar-refractivity contribution in [2.24, 2.45) is 5.92 Å². The minimum Gasteiger partial charge on any atom is -0.496 e. The lowest BCUT2D eigenvalue weighted by atomic mass is 9.86. The van der Waals surface area contributed by atoms with E-state index in [2.05, 4.69) is 6.92 Å². The smallest absolute Gasteiger partial charge is 0.231 e. The summed E-state index contributed by atoms with van der Waals surface area (Å²) in [7, 11) is 3.25. The number of hydrogen-bond acceptors (Lipinski definition) is 6. The van der Waals surface area contributed by atoms with Gasteiger partial charge in [-0.3, -0.25) is 4.79 Å². The molecule has 1 amide bonds. The van der Waals surface area contributed by atoms with Crippen LogP contribution in [0.4, 0.5) is 0 Å². The van der Waals surface area contributed by atoms with Gasteiger partial charge in [0, 0.05) is 43.1 Å². The molecule has 1 fully saturated rings. The van der Waals surface area contributed by atoms with Crippen molar-refractivity contribution >= 4 is 5.91 Å². The molecule has 2 aliphatic heterocycles. The van der Waals surface area contributed by atoms with Crippen LogP contribution in [0, 0.1) is 5.92 Å². The maximum atomic E-state index is 13.7. The number of ether oxygens (including phenoxy) is 5. The predicted molar refractivity (Wildman–Crippen MR) is 144 cm³/mol. The van der Waals surface area contributed by atoms with Gasteiger partial charge < -0.3 is 28.6 Å². The van der Waals surface area contributed by atoms with E-state index in [0.29, 0.717) is 41.3 Å². The number of nitrogens with zero attached hydrogens (tertiary/aromatic N) is 1. The van der Waals surface area contributed by atoms with Crippen LogP contribution in [0.2, 0.25) is 0 Å². The number of carbonyl (C=O) groups excluding carboxylic acids is 1. The lowest BCUT2D eigenvalue weighted by Crippen LogP contribution is -2.39. The molecule has 2 unspecified atom stereocenters. The Morgan fingerprint density at radius 1 is 1.00 bits per heavy atom. The molecular weight excluding hydrogens is 482 g/mol. The molecule has 0 bridgehead atoms. The van der Waals surface area contributed by atoms with Gasteiger partial charge in [-0.15, -0.1) is 0 Å². The van der Waals surface area contributed by atoms with Crippen molar-refractivity contribution in [3.8, 4) is 28.7 Å². The van der Waals surface area contributed by atoms with Crippen LogP contribution in [0.25, 0.3) is 0 Å². The van der Waals surface area contributed by atoms with Crippen LogP contribution in [-0.4, -0.2) is 44.9 Å². The summed E-state index contributed by atoms with van der Waals surface area (Å²) < 4.78 is 29.1. The molecule has 7 heteroatoms. The molecule has 0 aromatic heterocycles. The Hall–Kier alpha value is -3.87. The number of rotatable bonds is 9. The highest BCUT2D eigenvalue weighted by Gasteiger charge is 2.31. The molecule has 3 aromatic carbocycles. The predicted octanol–water partition coefficient (Wildman–Crippen LogP) is 5.79. The molecule has 200 valence electrons. The third-order valence-electron chi connectivity index (χ3n) is 7.31. The Kier molecular flexibility index (Phi) is 7.91. The van der Waals surface area contributed by atoms with Gasteiger partial charge in [0.1, 0.15) is 23.9 Å². The summed E-state index contributed by atoms with van der Waals surface area (Å²) in [6.45, 7) is 4.33. The molecule has 0 N–H and O–H groups in total. The molecule has 0 saturated carbocycles. The molecule has 7 nitrogen and oxygen atoms in total. The van der Waals surface area contributed by atoms with Gasteiger partial charge in [0.15, 0.2) is 11.5 Å². The Morgan fingerprint density at radius 2 is 1.79 bits per heavy atom. The number of carbonyl (C=O) groups is 1. The normalized spacial score (nSPS) is 17.1. The Labute approximate surface area is 224 Å². The first-order chi connectivity index (χ1) is 18.6. The van der Waals surface area contributed by atoms with Gasteiger partial charge in [0.2, 0.25) is 12.7 Å². The fourth-order valence-electron chi connectivity index (χ4n) is 5.30. The third kappa shape index (κ3) is 5.67. The monoisotopic (exact) mass is 517 g/mol. The number of hydrogen-bond donors (Lipinski definition) is 0. The second-order valence-electron chi connectivity index (χ2n) is 9.97. The lowest BCUT2D eigenvalue weighted by molar-refractivity contribution is -0.133. The average molecular weight is 518 g/mol. The second-order valence-corrected chi connectivity index (χ2v) is 9.97. The number of benzene rings is 3. The second kappa shape index (κ2) is 11.7. The van der Waals surface area contributed by atoms with Crippen LogP contribution < -0.4 is 23.7 Å². The highest BCUT2D eigenvalue weighted by molar-refractivity contribution is 5.78. The number of likely N-dealkylation sites (tertiary alicyclic amines) is 1. The van der Waals surface area contributed by atoms with E-state index in [1.807, 2.05) is 65.6 Å². The van der Waals surface area contributed by atoms with E-state index in [9.17, 15) is 4.79 Å². The zero-order valence-corrected chi connectivity index (χ0v) is 22.3. The largest absolute Gasteiger partial charge is 0.496 e. The van der Waals surface area contributed by atoms with Gasteiger partial charge in [-0.05, 0) is 42.0 Å². The van der Waals surface area contributed by atoms with E-state index in [-0.39, 0.29) is 25.0 Å². The molecule has 5 rings (SSSR count). The first kappa shape index (κ1) is 25.8. The van der Waals surface area contributed by atoms with Crippen molar-refractivity contribution in [1.82, 2.24) is 4.90 Å². The van der Waals surface area contributed by atoms with Crippen LogP contribution in [0.3, 0.4) is 0 Å². The maximum absolute atomic E-state index is 13.7. The number of methoxy groups -OCH3 is 2. The summed E-state index contributed by atoms with van der Waals surface area (Å²) in [5.41, 5.74) is 2.78. The van der Waals surface area contributed by atoms with Crippen molar-refractivity contribution < 1.29 is 28.5 Å². The number of fused-ring (bicyclic) bond motifs is 1. The van der Waals surface area contributed by atoms with Crippen LogP contribution in [0.5, 0.6) is 28.7 Å². The Bertz CT molecular complexity index is 1260. The van der Waals surface area contributed by atoms with E-state index in [4.69, 9.17) is 23.7 Å². The summed E-state index contributed by atoms with van der Waals surface area (Å²) in [6, 6.07) is 19.6. The molecule has 2 heterocycles. The third-order valence-corrected chi connectivity index (χ3v) is 7.31. The molecule has 0 radical (unpaired) electrons. The molecule has 3 aromatic rings. The van der Waals surface area contributed by atoms with E-state index in [1.165, 1.54) is 0 Å². The van der Waals surface area contributed by atoms with E-state index in [1.54, 1.807) is 14.2 Å². The Balaban J connectivity index is 1.56. The summed E-state index contributed by atoms with van der Waals surface area (Å²) >= 11 is 0. The van der Waals surface area contributed by atoms with E-state index in [0.717, 1.165) is 42.6 Å². The van der Waals surface area contributed by atoms with Crippen LogP contribution in [-0.2, 0) is 11.4 Å². The van der Waals surface area contributed by atoms with Crippen LogP contribution in [0.1, 0.15) is 48.8 Å². The lowest BCUT2D eigenvalue weighted by Gasteiger charge is -2.33. The zero-order chi connectivity index (χ0) is 26.5. The van der Waals surface area contributed by atoms with E-state index >= 15 is 0 Å². The van der Waals surface area contributed by atoms with Crippen molar-refractivity contribution in [2.75, 3.05) is 34.1 Å². The van der Waals surface area contributed by atoms with Crippen molar-refractivity contribution in [3.63, 3.8) is 0 Å². The van der Waals surface area contributed by atoms with Gasteiger partial charge in [0.05, 0.1) is 14.2 Å². The highest BCUT2D eigenvalue weighted by atomic mass is 16.7. The van der Waals surface area contributed by atoms with Gasteiger partial charge >= 0.3 is 0 Å². The fraction of sp³-hybridized carbons (Fsp3) is 0.387. The number of piperidine rings is 1.